The van der Waals surface area contributed by atoms with Crippen LogP contribution in [0.5, 0.6) is 0 Å². The first-order valence-corrected chi connectivity index (χ1v) is 7.91. The predicted octanol–water partition coefficient (Wildman–Crippen LogP) is 0.342. The number of ether oxygens (including phenoxy) is 1. The Hall–Kier alpha value is -1.50. The van der Waals surface area contributed by atoms with E-state index in [-0.39, 0.29) is 24.0 Å². The van der Waals surface area contributed by atoms with Gasteiger partial charge in [0.25, 0.3) is 0 Å². The molecule has 1 atom stereocenters. The van der Waals surface area contributed by atoms with Crippen LogP contribution in [0.2, 0.25) is 0 Å². The fraction of sp³-hybridized carbons (Fsp3) is 0.625. The standard InChI is InChI=1S/C16H23N3O3/c20-13-9-12(10-13)16(14-3-1-2-4-17-14)18-15(21)11-19-5-7-22-8-6-19/h1-4,12-13,16,20H,5-11H2,(H,18,21)/t12?,13?,16-/m0/s1. The molecule has 1 saturated carbocycles. The first kappa shape index (κ1) is 15.4. The van der Waals surface area contributed by atoms with Gasteiger partial charge in [0.05, 0.1) is 37.6 Å². The van der Waals surface area contributed by atoms with Crippen molar-refractivity contribution >= 4 is 5.91 Å². The van der Waals surface area contributed by atoms with Crippen LogP contribution >= 0.6 is 0 Å². The predicted molar refractivity (Wildman–Crippen MR) is 81.1 cm³/mol. The molecule has 6 heteroatoms. The maximum atomic E-state index is 12.3. The lowest BCUT2D eigenvalue weighted by atomic mass is 9.76. The molecule has 6 nitrogen and oxygen atoms in total. The lowest BCUT2D eigenvalue weighted by molar-refractivity contribution is -0.125. The van der Waals surface area contributed by atoms with Gasteiger partial charge in [0.15, 0.2) is 0 Å². The van der Waals surface area contributed by atoms with Crippen molar-refractivity contribution in [2.75, 3.05) is 32.8 Å². The molecule has 1 aliphatic carbocycles. The Bertz CT molecular complexity index is 485. The molecule has 1 aromatic rings. The van der Waals surface area contributed by atoms with E-state index in [9.17, 15) is 9.90 Å². The fourth-order valence-corrected chi connectivity index (χ4v) is 3.08. The highest BCUT2D eigenvalue weighted by molar-refractivity contribution is 5.78. The fourth-order valence-electron chi connectivity index (χ4n) is 3.08. The Morgan fingerprint density at radius 3 is 2.82 bits per heavy atom. The third kappa shape index (κ3) is 3.82. The molecule has 120 valence electrons. The average Bonchev–Trinajstić information content (AvgIpc) is 2.52. The van der Waals surface area contributed by atoms with Gasteiger partial charge < -0.3 is 15.2 Å². The van der Waals surface area contributed by atoms with Gasteiger partial charge >= 0.3 is 0 Å². The van der Waals surface area contributed by atoms with Crippen molar-refractivity contribution in [2.24, 2.45) is 5.92 Å². The van der Waals surface area contributed by atoms with Gasteiger partial charge in [0, 0.05) is 19.3 Å². The number of carbonyl (C=O) groups is 1. The largest absolute Gasteiger partial charge is 0.393 e. The van der Waals surface area contributed by atoms with Gasteiger partial charge in [0.1, 0.15) is 0 Å². The highest BCUT2D eigenvalue weighted by Gasteiger charge is 2.36. The Morgan fingerprint density at radius 1 is 1.41 bits per heavy atom. The van der Waals surface area contributed by atoms with E-state index in [1.807, 2.05) is 18.2 Å². The molecule has 1 amide bonds. The Balaban J connectivity index is 1.61. The molecule has 2 fully saturated rings. The van der Waals surface area contributed by atoms with Crippen LogP contribution in [-0.2, 0) is 9.53 Å². The summed E-state index contributed by atoms with van der Waals surface area (Å²) in [6, 6.07) is 5.62. The molecule has 1 saturated heterocycles. The summed E-state index contributed by atoms with van der Waals surface area (Å²) in [4.78, 5) is 18.8. The van der Waals surface area contributed by atoms with E-state index in [1.54, 1.807) is 6.20 Å². The number of amides is 1. The van der Waals surface area contributed by atoms with Gasteiger partial charge in [-0.2, -0.15) is 0 Å². The SMILES string of the molecule is O=C(CN1CCOCC1)N[C@H](c1ccccn1)C1CC(O)C1. The third-order valence-electron chi connectivity index (χ3n) is 4.41. The smallest absolute Gasteiger partial charge is 0.234 e. The van der Waals surface area contributed by atoms with E-state index in [0.29, 0.717) is 19.8 Å². The second-order valence-electron chi connectivity index (χ2n) is 6.07. The van der Waals surface area contributed by atoms with E-state index in [0.717, 1.165) is 31.6 Å². The molecule has 2 heterocycles. The van der Waals surface area contributed by atoms with Crippen molar-refractivity contribution in [3.05, 3.63) is 30.1 Å². The highest BCUT2D eigenvalue weighted by atomic mass is 16.5. The average molecular weight is 305 g/mol. The molecule has 2 N–H and O–H groups in total. The number of hydrogen-bond acceptors (Lipinski definition) is 5. The molecule has 0 spiro atoms. The summed E-state index contributed by atoms with van der Waals surface area (Å²) >= 11 is 0. The lowest BCUT2D eigenvalue weighted by Crippen LogP contribution is -2.47. The van der Waals surface area contributed by atoms with Crippen molar-refractivity contribution < 1.29 is 14.6 Å². The Kier molecular flexibility index (Phi) is 5.02. The molecule has 22 heavy (non-hydrogen) atoms. The maximum absolute atomic E-state index is 12.3. The highest BCUT2D eigenvalue weighted by Crippen LogP contribution is 2.37. The first-order valence-electron chi connectivity index (χ1n) is 7.91. The molecule has 0 bridgehead atoms. The summed E-state index contributed by atoms with van der Waals surface area (Å²) in [5.74, 6) is 0.275. The summed E-state index contributed by atoms with van der Waals surface area (Å²) < 4.78 is 5.30. The number of aliphatic hydroxyl groups excluding tert-OH is 1. The van der Waals surface area contributed by atoms with Crippen molar-refractivity contribution in [3.63, 3.8) is 0 Å². The van der Waals surface area contributed by atoms with Crippen LogP contribution in [0.1, 0.15) is 24.6 Å². The minimum atomic E-state index is -0.243. The van der Waals surface area contributed by atoms with E-state index >= 15 is 0 Å². The van der Waals surface area contributed by atoms with Crippen molar-refractivity contribution in [2.45, 2.75) is 25.0 Å². The number of nitrogens with one attached hydrogen (secondary N) is 1. The van der Waals surface area contributed by atoms with Crippen LogP contribution in [0.25, 0.3) is 0 Å². The second-order valence-corrected chi connectivity index (χ2v) is 6.07. The van der Waals surface area contributed by atoms with Gasteiger partial charge in [-0.3, -0.25) is 14.7 Å². The van der Waals surface area contributed by atoms with Gasteiger partial charge in [-0.15, -0.1) is 0 Å². The Labute approximate surface area is 130 Å². The zero-order chi connectivity index (χ0) is 15.4. The minimum Gasteiger partial charge on any atom is -0.393 e. The topological polar surface area (TPSA) is 74.7 Å². The van der Waals surface area contributed by atoms with Gasteiger partial charge in [0.2, 0.25) is 5.91 Å². The molecule has 1 aromatic heterocycles. The molecule has 0 aromatic carbocycles. The number of pyridine rings is 1. The molecule has 3 rings (SSSR count). The molecule has 0 radical (unpaired) electrons. The second kappa shape index (κ2) is 7.17. The summed E-state index contributed by atoms with van der Waals surface area (Å²) in [5.41, 5.74) is 0.870. The van der Waals surface area contributed by atoms with Crippen molar-refractivity contribution in [1.29, 1.82) is 0 Å². The Morgan fingerprint density at radius 2 is 2.18 bits per heavy atom. The normalized spacial score (nSPS) is 27.0. The first-order chi connectivity index (χ1) is 10.7. The minimum absolute atomic E-state index is 0.0129. The lowest BCUT2D eigenvalue weighted by Gasteiger charge is -2.38. The third-order valence-corrected chi connectivity index (χ3v) is 4.41. The van der Waals surface area contributed by atoms with Crippen LogP contribution in [0.3, 0.4) is 0 Å². The van der Waals surface area contributed by atoms with E-state index < -0.39 is 0 Å². The number of carbonyl (C=O) groups excluding carboxylic acids is 1. The molecular formula is C16H23N3O3. The molecule has 0 unspecified atom stereocenters. The van der Waals surface area contributed by atoms with Crippen LogP contribution in [-0.4, -0.2) is 59.8 Å². The van der Waals surface area contributed by atoms with Crippen LogP contribution in [0.4, 0.5) is 0 Å². The number of aliphatic hydroxyl groups is 1. The number of hydrogen-bond donors (Lipinski definition) is 2. The molecule has 1 aliphatic heterocycles. The van der Waals surface area contributed by atoms with Crippen LogP contribution in [0, 0.1) is 5.92 Å². The number of nitrogens with zero attached hydrogens (tertiary/aromatic N) is 2. The summed E-state index contributed by atoms with van der Waals surface area (Å²) in [6.07, 6.45) is 2.94. The van der Waals surface area contributed by atoms with Crippen LogP contribution < -0.4 is 5.32 Å². The van der Waals surface area contributed by atoms with Crippen LogP contribution in [0.15, 0.2) is 24.4 Å². The molecule has 2 aliphatic rings. The number of rotatable bonds is 5. The maximum Gasteiger partial charge on any atom is 0.234 e. The van der Waals surface area contributed by atoms with Crippen molar-refractivity contribution in [3.8, 4) is 0 Å². The monoisotopic (exact) mass is 305 g/mol. The quantitative estimate of drug-likeness (QED) is 0.821. The number of aromatic nitrogens is 1. The summed E-state index contributed by atoms with van der Waals surface area (Å²) in [5, 5.41) is 12.7. The zero-order valence-electron chi connectivity index (χ0n) is 12.6. The van der Waals surface area contributed by atoms with Gasteiger partial charge in [-0.1, -0.05) is 6.07 Å². The van der Waals surface area contributed by atoms with Crippen molar-refractivity contribution in [1.82, 2.24) is 15.2 Å². The summed E-state index contributed by atoms with van der Waals surface area (Å²) in [6.45, 7) is 3.35. The van der Waals surface area contributed by atoms with E-state index in [2.05, 4.69) is 15.2 Å². The number of morpholine rings is 1. The van der Waals surface area contributed by atoms with E-state index in [1.165, 1.54) is 0 Å². The van der Waals surface area contributed by atoms with E-state index in [4.69, 9.17) is 4.74 Å². The van der Waals surface area contributed by atoms with Gasteiger partial charge in [-0.05, 0) is 30.9 Å². The summed E-state index contributed by atoms with van der Waals surface area (Å²) in [7, 11) is 0. The van der Waals surface area contributed by atoms with Gasteiger partial charge in [-0.25, -0.2) is 0 Å². The zero-order valence-corrected chi connectivity index (χ0v) is 12.6. The molecular weight excluding hydrogens is 282 g/mol.